The van der Waals surface area contributed by atoms with E-state index in [0.717, 1.165) is 10.7 Å². The highest BCUT2D eigenvalue weighted by molar-refractivity contribution is 6.08. The Balaban J connectivity index is 1.29. The topological polar surface area (TPSA) is 111 Å². The summed E-state index contributed by atoms with van der Waals surface area (Å²) in [5, 5.41) is 6.45. The minimum Gasteiger partial charge on any atom is -0.326 e. The van der Waals surface area contributed by atoms with Crippen molar-refractivity contribution in [3.05, 3.63) is 66.2 Å². The summed E-state index contributed by atoms with van der Waals surface area (Å²) in [5.41, 5.74) is 2.70. The van der Waals surface area contributed by atoms with Crippen molar-refractivity contribution >= 4 is 29.4 Å². The Hall–Kier alpha value is -3.72. The number of para-hydroxylation sites is 1. The van der Waals surface area contributed by atoms with E-state index in [2.05, 4.69) is 16.1 Å². The fourth-order valence-corrected chi connectivity index (χ4v) is 4.52. The summed E-state index contributed by atoms with van der Waals surface area (Å²) >= 11 is 0. The van der Waals surface area contributed by atoms with Gasteiger partial charge in [0, 0.05) is 11.6 Å². The van der Waals surface area contributed by atoms with Gasteiger partial charge < -0.3 is 10.6 Å². The number of benzene rings is 2. The lowest BCUT2D eigenvalue weighted by Crippen LogP contribution is -2.52. The third kappa shape index (κ3) is 4.79. The van der Waals surface area contributed by atoms with E-state index in [-0.39, 0.29) is 18.4 Å². The minimum atomic E-state index is -1.20. The van der Waals surface area contributed by atoms with Gasteiger partial charge in [0.1, 0.15) is 5.54 Å². The predicted molar refractivity (Wildman–Crippen MR) is 126 cm³/mol. The highest BCUT2D eigenvalue weighted by atomic mass is 16.2. The first-order valence-electron chi connectivity index (χ1n) is 11.5. The molecule has 4 rings (SSSR count). The van der Waals surface area contributed by atoms with Crippen LogP contribution in [0.15, 0.2) is 60.7 Å². The lowest BCUT2D eigenvalue weighted by atomic mass is 9.87. The van der Waals surface area contributed by atoms with Crippen molar-refractivity contribution in [1.82, 2.24) is 20.7 Å². The lowest BCUT2D eigenvalue weighted by molar-refractivity contribution is -0.140. The van der Waals surface area contributed by atoms with E-state index in [1.54, 1.807) is 24.3 Å². The van der Waals surface area contributed by atoms with Crippen LogP contribution in [0.5, 0.6) is 0 Å². The number of rotatable bonds is 7. The van der Waals surface area contributed by atoms with Gasteiger partial charge in [-0.25, -0.2) is 4.79 Å². The van der Waals surface area contributed by atoms with Crippen LogP contribution in [0, 0.1) is 5.92 Å². The third-order valence-electron chi connectivity index (χ3n) is 6.49. The number of hydrogen-bond donors (Lipinski definition) is 3. The molecule has 2 heterocycles. The number of piperidine rings is 1. The quantitative estimate of drug-likeness (QED) is 0.546. The lowest BCUT2D eigenvalue weighted by Gasteiger charge is -2.31. The van der Waals surface area contributed by atoms with Gasteiger partial charge in [0.15, 0.2) is 0 Å². The Bertz CT molecular complexity index is 1050. The third-order valence-corrected chi connectivity index (χ3v) is 6.49. The summed E-state index contributed by atoms with van der Waals surface area (Å²) in [6.07, 6.45) is 1.61. The number of anilines is 1. The number of likely N-dealkylation sites (tertiary alicyclic amines) is 1. The molecule has 0 aliphatic carbocycles. The Kier molecular flexibility index (Phi) is 6.93. The maximum absolute atomic E-state index is 13.1. The standard InChI is InChI=1S/C25H29N5O4/c1-2-25(19-9-5-3-6-10-19)23(33)30(24(34)27-25)28-21(31)17-29-15-13-18(14-16-29)22(32)26-20-11-7-4-8-12-20/h3-12,18H,2,13-17H2,1H3,(H,26,32)(H,27,34)(H,28,31). The number of carbonyl (C=O) groups is 4. The maximum Gasteiger partial charge on any atom is 0.344 e. The molecule has 2 saturated heterocycles. The molecule has 178 valence electrons. The van der Waals surface area contributed by atoms with Gasteiger partial charge in [-0.3, -0.25) is 24.7 Å². The van der Waals surface area contributed by atoms with E-state index < -0.39 is 23.4 Å². The van der Waals surface area contributed by atoms with E-state index in [9.17, 15) is 19.2 Å². The van der Waals surface area contributed by atoms with Gasteiger partial charge in [-0.05, 0) is 50.0 Å². The fourth-order valence-electron chi connectivity index (χ4n) is 4.52. The number of imide groups is 1. The van der Waals surface area contributed by atoms with Crippen LogP contribution < -0.4 is 16.1 Å². The molecule has 3 N–H and O–H groups in total. The Labute approximate surface area is 198 Å². The maximum atomic E-state index is 13.1. The average Bonchev–Trinajstić information content (AvgIpc) is 3.10. The molecule has 1 atom stereocenters. The molecule has 2 aromatic carbocycles. The summed E-state index contributed by atoms with van der Waals surface area (Å²) in [4.78, 5) is 52.8. The van der Waals surface area contributed by atoms with E-state index in [0.29, 0.717) is 37.9 Å². The van der Waals surface area contributed by atoms with Crippen LogP contribution in [-0.2, 0) is 19.9 Å². The van der Waals surface area contributed by atoms with Crippen molar-refractivity contribution in [2.24, 2.45) is 5.92 Å². The van der Waals surface area contributed by atoms with Crippen LogP contribution in [0.25, 0.3) is 0 Å². The zero-order valence-electron chi connectivity index (χ0n) is 19.1. The SMILES string of the molecule is CCC1(c2ccccc2)NC(=O)N(NC(=O)CN2CCC(C(=O)Nc3ccccc3)CC2)C1=O. The second-order valence-corrected chi connectivity index (χ2v) is 8.64. The first kappa shape index (κ1) is 23.4. The van der Waals surface area contributed by atoms with Crippen molar-refractivity contribution < 1.29 is 19.2 Å². The van der Waals surface area contributed by atoms with Crippen LogP contribution in [0.1, 0.15) is 31.7 Å². The van der Waals surface area contributed by atoms with E-state index in [4.69, 9.17) is 0 Å². The molecule has 5 amide bonds. The van der Waals surface area contributed by atoms with Gasteiger partial charge in [-0.2, -0.15) is 5.01 Å². The number of urea groups is 1. The Morgan fingerprint density at radius 2 is 1.62 bits per heavy atom. The largest absolute Gasteiger partial charge is 0.344 e. The van der Waals surface area contributed by atoms with Gasteiger partial charge in [-0.15, -0.1) is 0 Å². The summed E-state index contributed by atoms with van der Waals surface area (Å²) in [6.45, 7) is 3.00. The van der Waals surface area contributed by atoms with Gasteiger partial charge >= 0.3 is 6.03 Å². The monoisotopic (exact) mass is 463 g/mol. The molecular formula is C25H29N5O4. The molecule has 1 unspecified atom stereocenters. The molecule has 34 heavy (non-hydrogen) atoms. The molecule has 2 fully saturated rings. The molecule has 0 bridgehead atoms. The first-order valence-corrected chi connectivity index (χ1v) is 11.5. The van der Waals surface area contributed by atoms with Gasteiger partial charge in [-0.1, -0.05) is 55.5 Å². The van der Waals surface area contributed by atoms with Crippen molar-refractivity contribution in [2.75, 3.05) is 25.0 Å². The van der Waals surface area contributed by atoms with Crippen molar-refractivity contribution in [3.8, 4) is 0 Å². The molecule has 0 radical (unpaired) electrons. The van der Waals surface area contributed by atoms with Crippen molar-refractivity contribution in [3.63, 3.8) is 0 Å². The summed E-state index contributed by atoms with van der Waals surface area (Å²) < 4.78 is 0. The average molecular weight is 464 g/mol. The molecule has 9 heteroatoms. The van der Waals surface area contributed by atoms with Crippen LogP contribution in [-0.4, -0.2) is 53.3 Å². The summed E-state index contributed by atoms with van der Waals surface area (Å²) in [7, 11) is 0. The second-order valence-electron chi connectivity index (χ2n) is 8.64. The molecule has 2 aliphatic rings. The van der Waals surface area contributed by atoms with Crippen molar-refractivity contribution in [2.45, 2.75) is 31.7 Å². The number of hydrazine groups is 1. The van der Waals surface area contributed by atoms with Gasteiger partial charge in [0.05, 0.1) is 6.54 Å². The summed E-state index contributed by atoms with van der Waals surface area (Å²) in [6, 6.07) is 17.7. The van der Waals surface area contributed by atoms with Gasteiger partial charge in [0.25, 0.3) is 11.8 Å². The molecule has 9 nitrogen and oxygen atoms in total. The minimum absolute atomic E-state index is 0.0218. The van der Waals surface area contributed by atoms with E-state index in [1.165, 1.54) is 0 Å². The van der Waals surface area contributed by atoms with E-state index >= 15 is 0 Å². The van der Waals surface area contributed by atoms with Crippen molar-refractivity contribution in [1.29, 1.82) is 0 Å². The Morgan fingerprint density at radius 1 is 1.00 bits per heavy atom. The number of nitrogens with zero attached hydrogens (tertiary/aromatic N) is 2. The van der Waals surface area contributed by atoms with E-state index in [1.807, 2.05) is 48.2 Å². The Morgan fingerprint density at radius 3 is 2.24 bits per heavy atom. The zero-order valence-corrected chi connectivity index (χ0v) is 19.1. The highest BCUT2D eigenvalue weighted by Gasteiger charge is 2.52. The number of amides is 5. The second kappa shape index (κ2) is 10.0. The number of hydrogen-bond acceptors (Lipinski definition) is 5. The molecule has 2 aromatic rings. The fraction of sp³-hybridized carbons (Fsp3) is 0.360. The van der Waals surface area contributed by atoms with Crippen LogP contribution in [0.4, 0.5) is 10.5 Å². The smallest absolute Gasteiger partial charge is 0.326 e. The first-order chi connectivity index (χ1) is 16.4. The van der Waals surface area contributed by atoms with Crippen LogP contribution >= 0.6 is 0 Å². The van der Waals surface area contributed by atoms with Crippen LogP contribution in [0.3, 0.4) is 0 Å². The molecule has 0 saturated carbocycles. The normalized spacial score (nSPS) is 21.3. The highest BCUT2D eigenvalue weighted by Crippen LogP contribution is 2.31. The molecule has 0 spiro atoms. The predicted octanol–water partition coefficient (Wildman–Crippen LogP) is 2.23. The summed E-state index contributed by atoms with van der Waals surface area (Å²) in [5.74, 6) is -1.10. The molecular weight excluding hydrogens is 434 g/mol. The number of nitrogens with one attached hydrogen (secondary N) is 3. The van der Waals surface area contributed by atoms with Crippen LogP contribution in [0.2, 0.25) is 0 Å². The zero-order chi connectivity index (χ0) is 24.1. The number of carbonyl (C=O) groups excluding carboxylic acids is 4. The van der Waals surface area contributed by atoms with Gasteiger partial charge in [0.2, 0.25) is 5.91 Å². The molecule has 2 aliphatic heterocycles. The molecule has 0 aromatic heterocycles.